The first-order valence-corrected chi connectivity index (χ1v) is 37.8. The van der Waals surface area contributed by atoms with Crippen molar-refractivity contribution in [3.8, 4) is 0 Å². The van der Waals surface area contributed by atoms with Gasteiger partial charge >= 0.3 is 0 Å². The zero-order valence-electron chi connectivity index (χ0n) is 63.1. The minimum absolute atomic E-state index is 0.0190. The lowest BCUT2D eigenvalue weighted by atomic mass is 9.35. The highest BCUT2D eigenvalue weighted by Gasteiger charge is 2.62. The fourth-order valence-electron chi connectivity index (χ4n) is 18.6. The van der Waals surface area contributed by atoms with Crippen LogP contribution in [0.15, 0.2) is 251 Å². The number of rotatable bonds is 6. The van der Waals surface area contributed by atoms with Gasteiger partial charge < -0.3 is 33.3 Å². The summed E-state index contributed by atoms with van der Waals surface area (Å²) in [6, 6.07) is 90.0. The number of benzene rings is 11. The molecule has 0 N–H and O–H groups in total. The highest BCUT2D eigenvalue weighted by atomic mass is 16.3. The summed E-state index contributed by atoms with van der Waals surface area (Å²) in [7, 11) is 0. The van der Waals surface area contributed by atoms with E-state index in [1.54, 1.807) is 0 Å². The molecule has 104 heavy (non-hydrogen) atoms. The Labute approximate surface area is 615 Å². The van der Waals surface area contributed by atoms with Crippen molar-refractivity contribution in [2.24, 2.45) is 0 Å². The third-order valence-corrected chi connectivity index (χ3v) is 24.2. The second-order valence-electron chi connectivity index (χ2n) is 34.9. The minimum atomic E-state index is -0.143. The number of para-hydroxylation sites is 5. The molecule has 7 nitrogen and oxygen atoms in total. The number of furan rings is 2. The van der Waals surface area contributed by atoms with E-state index in [0.717, 1.165) is 67.7 Å². The summed E-state index contributed by atoms with van der Waals surface area (Å²) in [5.74, 6) is 0. The highest BCUT2D eigenvalue weighted by Crippen LogP contribution is 2.62. The Kier molecular flexibility index (Phi) is 14.7. The van der Waals surface area contributed by atoms with Gasteiger partial charge in [-0.1, -0.05) is 224 Å². The van der Waals surface area contributed by atoms with Crippen molar-refractivity contribution in [3.63, 3.8) is 0 Å². The zero-order valence-corrected chi connectivity index (χ0v) is 63.1. The first kappa shape index (κ1) is 65.6. The van der Waals surface area contributed by atoms with E-state index in [2.05, 4.69) is 371 Å². The van der Waals surface area contributed by atoms with Crippen molar-refractivity contribution >= 4 is 148 Å². The Hall–Kier alpha value is -10.4. The molecule has 19 rings (SSSR count). The molecule has 11 aromatic carbocycles. The van der Waals surface area contributed by atoms with Crippen LogP contribution in [0.4, 0.5) is 79.6 Å². The molecule has 6 aliphatic rings. The molecule has 2 atom stereocenters. The van der Waals surface area contributed by atoms with Gasteiger partial charge in [-0.25, -0.2) is 0 Å². The molecular formula is C95H93B2N5O2. The molecule has 1 saturated carbocycles. The van der Waals surface area contributed by atoms with Crippen LogP contribution < -0.4 is 57.7 Å². The van der Waals surface area contributed by atoms with Crippen molar-refractivity contribution in [2.75, 3.05) is 24.5 Å². The van der Waals surface area contributed by atoms with Crippen molar-refractivity contribution in [1.82, 2.24) is 0 Å². The van der Waals surface area contributed by atoms with Crippen LogP contribution in [0.5, 0.6) is 0 Å². The van der Waals surface area contributed by atoms with Crippen LogP contribution in [0.3, 0.4) is 0 Å². The molecule has 5 aliphatic heterocycles. The Balaban J connectivity index is 0.000000151. The number of nitrogens with zero attached hydrogens (tertiary/aromatic N) is 5. The lowest BCUT2D eigenvalue weighted by Crippen LogP contribution is -2.64. The van der Waals surface area contributed by atoms with Gasteiger partial charge in [0.25, 0.3) is 13.4 Å². The average Bonchev–Trinajstić information content (AvgIpc) is 1.59. The average molecular weight is 1360 g/mol. The van der Waals surface area contributed by atoms with E-state index in [-0.39, 0.29) is 46.0 Å². The van der Waals surface area contributed by atoms with E-state index in [1.165, 1.54) is 126 Å². The lowest BCUT2D eigenvalue weighted by Gasteiger charge is -2.52. The molecule has 1 aliphatic carbocycles. The summed E-state index contributed by atoms with van der Waals surface area (Å²) in [5, 5.41) is 2.33. The Morgan fingerprint density at radius 2 is 0.817 bits per heavy atom. The van der Waals surface area contributed by atoms with E-state index < -0.39 is 0 Å². The van der Waals surface area contributed by atoms with E-state index in [9.17, 15) is 0 Å². The number of fused-ring (bicyclic) bond motifs is 15. The summed E-state index contributed by atoms with van der Waals surface area (Å²) in [4.78, 5) is 12.7. The second-order valence-corrected chi connectivity index (χ2v) is 34.9. The number of anilines is 14. The third kappa shape index (κ3) is 9.98. The lowest BCUT2D eigenvalue weighted by molar-refractivity contribution is 0.195. The van der Waals surface area contributed by atoms with Gasteiger partial charge in [0.1, 0.15) is 11.2 Å². The SMILES string of the molecule is CC(C)(C)c1cc2c3c(c1)N(c1ccccc1)c1c(oc4ccc(C(C)(C)C)cc14)B3c1ccc(N(c3ccccc3)c3ccccc3)cc1N2c1ccccc1.Cc1cc2c3c(c1)N1c4c(cccc4C4(C)CCCCC14C)B3c1oc3ccc(C(C)(C)C)cc3c1N2c1ccc(C(C)(C)C)cc1. The van der Waals surface area contributed by atoms with Gasteiger partial charge in [-0.15, -0.1) is 0 Å². The van der Waals surface area contributed by atoms with Gasteiger partial charge in [0.05, 0.1) is 28.2 Å². The smallest absolute Gasteiger partial charge is 0.297 e. The van der Waals surface area contributed by atoms with E-state index in [0.29, 0.717) is 0 Å². The summed E-state index contributed by atoms with van der Waals surface area (Å²) >= 11 is 0. The van der Waals surface area contributed by atoms with Gasteiger partial charge in [0.15, 0.2) is 0 Å². The van der Waals surface area contributed by atoms with Gasteiger partial charge in [0, 0.05) is 84.4 Å². The molecule has 0 bridgehead atoms. The summed E-state index contributed by atoms with van der Waals surface area (Å²) in [5.41, 5.74) is 33.9. The Morgan fingerprint density at radius 3 is 1.36 bits per heavy atom. The maximum absolute atomic E-state index is 7.20. The van der Waals surface area contributed by atoms with Crippen LogP contribution in [0.25, 0.3) is 21.9 Å². The molecule has 516 valence electrons. The van der Waals surface area contributed by atoms with Crippen molar-refractivity contribution in [1.29, 1.82) is 0 Å². The monoisotopic (exact) mass is 1360 g/mol. The van der Waals surface area contributed by atoms with Crippen LogP contribution >= 0.6 is 0 Å². The van der Waals surface area contributed by atoms with Crippen LogP contribution in [-0.2, 0) is 27.1 Å². The van der Waals surface area contributed by atoms with Gasteiger partial charge in [0.2, 0.25) is 0 Å². The molecule has 2 aromatic heterocycles. The van der Waals surface area contributed by atoms with Gasteiger partial charge in [-0.05, 0) is 225 Å². The fourth-order valence-corrected chi connectivity index (χ4v) is 18.6. The predicted molar refractivity (Wildman–Crippen MR) is 443 cm³/mol. The largest absolute Gasteiger partial charge is 0.468 e. The van der Waals surface area contributed by atoms with Gasteiger partial charge in [-0.2, -0.15) is 0 Å². The van der Waals surface area contributed by atoms with E-state index >= 15 is 0 Å². The van der Waals surface area contributed by atoms with Crippen molar-refractivity contribution in [2.45, 2.75) is 162 Å². The van der Waals surface area contributed by atoms with Crippen molar-refractivity contribution < 1.29 is 8.83 Å². The third-order valence-electron chi connectivity index (χ3n) is 24.2. The standard InChI is InChI=1S/C52H46BN3O.C43H47BN2O/c1-51(2,3)35-27-30-47-42(31-35)49-50(57-47)53-43-29-28-41(54(37-19-11-7-12-20-37)38-21-13-8-14-22-38)34-44(43)55(39-23-15-9-16-24-39)45-32-36(52(4,5)6)33-46(48(45)53)56(49)40-25-17-10-18-26-40;1-26-23-33-36-34(24-26)46-38-31(42(8)21-10-11-22-43(42,46)9)13-12-14-32(38)44(36)39-37(30-25-28(41(5,6)7)17-20-35(30)47-39)45(33)29-18-15-27(16-19-29)40(2,3)4/h7-34H,1-6H3;12-20,23-25H,10-11,21-22H2,1-9H3. The summed E-state index contributed by atoms with van der Waals surface area (Å²) < 4.78 is 14.3. The van der Waals surface area contributed by atoms with Crippen LogP contribution in [0, 0.1) is 6.92 Å². The Bertz CT molecular complexity index is 5540. The minimum Gasteiger partial charge on any atom is -0.468 e. The first-order valence-electron chi connectivity index (χ1n) is 37.8. The Morgan fingerprint density at radius 1 is 0.365 bits per heavy atom. The first-order chi connectivity index (χ1) is 49.8. The highest BCUT2D eigenvalue weighted by molar-refractivity contribution is 7.00. The summed E-state index contributed by atoms with van der Waals surface area (Å²) in [6.45, 7) is 34.9. The molecule has 2 unspecified atom stereocenters. The molecule has 13 aromatic rings. The van der Waals surface area contributed by atoms with Crippen LogP contribution in [0.2, 0.25) is 0 Å². The molecular weight excluding hydrogens is 1260 g/mol. The second kappa shape index (κ2) is 23.3. The van der Waals surface area contributed by atoms with Crippen LogP contribution in [-0.4, -0.2) is 19.0 Å². The number of aryl methyl sites for hydroxylation is 1. The molecule has 0 spiro atoms. The maximum atomic E-state index is 7.20. The number of hydrogen-bond donors (Lipinski definition) is 0. The summed E-state index contributed by atoms with van der Waals surface area (Å²) in [6.07, 6.45) is 5.00. The molecule has 9 heteroatoms. The quantitative estimate of drug-likeness (QED) is 0.154. The molecule has 0 amide bonds. The van der Waals surface area contributed by atoms with Crippen LogP contribution in [0.1, 0.15) is 156 Å². The molecule has 0 saturated heterocycles. The van der Waals surface area contributed by atoms with E-state index in [1.807, 2.05) is 0 Å². The number of hydrogen-bond acceptors (Lipinski definition) is 7. The molecule has 0 radical (unpaired) electrons. The zero-order chi connectivity index (χ0) is 71.9. The topological polar surface area (TPSA) is 42.5 Å². The van der Waals surface area contributed by atoms with Gasteiger partial charge in [-0.3, -0.25) is 0 Å². The molecule has 7 heterocycles. The fraction of sp³-hybridized carbons (Fsp3) is 0.263. The van der Waals surface area contributed by atoms with E-state index in [4.69, 9.17) is 8.83 Å². The maximum Gasteiger partial charge on any atom is 0.297 e. The normalized spacial score (nSPS) is 17.6. The molecule has 1 fully saturated rings. The van der Waals surface area contributed by atoms with Crippen molar-refractivity contribution in [3.05, 3.63) is 276 Å². The predicted octanol–water partition coefficient (Wildman–Crippen LogP) is 22.3.